The predicted octanol–water partition coefficient (Wildman–Crippen LogP) is 4.34. The van der Waals surface area contributed by atoms with Crippen molar-refractivity contribution >= 4 is 50.5 Å². The molecule has 3 rings (SSSR count). The smallest absolute Gasteiger partial charge is 0.375 e. The molecule has 0 unspecified atom stereocenters. The van der Waals surface area contributed by atoms with E-state index in [0.29, 0.717) is 16.0 Å². The number of aromatic nitrogens is 1. The summed E-state index contributed by atoms with van der Waals surface area (Å²) >= 11 is 6.33. The van der Waals surface area contributed by atoms with Crippen LogP contribution in [0.15, 0.2) is 23.2 Å². The molecular weight excluding hydrogens is 441 g/mol. The molecule has 5 nitrogen and oxygen atoms in total. The maximum Gasteiger partial charge on any atom is 0.460 e. The zero-order valence-corrected chi connectivity index (χ0v) is 15.0. The summed E-state index contributed by atoms with van der Waals surface area (Å²) in [6.07, 6.45) is -4.86. The van der Waals surface area contributed by atoms with Gasteiger partial charge in [-0.15, -0.1) is 0 Å². The minimum Gasteiger partial charge on any atom is -0.375 e. The number of fused-ring (bicyclic) bond motifs is 1. The molecule has 0 radical (unpaired) electrons. The predicted molar refractivity (Wildman–Crippen MR) is 90.6 cm³/mol. The van der Waals surface area contributed by atoms with Crippen LogP contribution >= 0.6 is 22.9 Å². The highest BCUT2D eigenvalue weighted by molar-refractivity contribution is 7.22. The first-order valence-electron chi connectivity index (χ1n) is 7.28. The number of para-hydroxylation sites is 1. The number of benzene rings is 1. The van der Waals surface area contributed by atoms with Gasteiger partial charge in [0.2, 0.25) is 0 Å². The summed E-state index contributed by atoms with van der Waals surface area (Å²) in [6.45, 7) is 1.99. The van der Waals surface area contributed by atoms with Gasteiger partial charge in [0.25, 0.3) is 0 Å². The molecule has 2 heterocycles. The third-order valence-electron chi connectivity index (χ3n) is 3.19. The van der Waals surface area contributed by atoms with Crippen LogP contribution in [0.25, 0.3) is 10.2 Å². The van der Waals surface area contributed by atoms with E-state index in [4.69, 9.17) is 11.6 Å². The number of halogens is 8. The van der Waals surface area contributed by atoms with Crippen molar-refractivity contribution in [3.05, 3.63) is 23.2 Å². The van der Waals surface area contributed by atoms with E-state index in [-0.39, 0.29) is 10.5 Å². The number of aliphatic imine (C=N–C) groups is 1. The Hall–Kier alpha value is -2.15. The highest BCUT2D eigenvalue weighted by Crippen LogP contribution is 2.47. The molecule has 1 aliphatic heterocycles. The fraction of sp³-hybridized carbons (Fsp3) is 0.357. The molecule has 154 valence electrons. The monoisotopic (exact) mass is 450 g/mol. The number of nitrogens with zero attached hydrogens (tertiary/aromatic N) is 2. The molecule has 2 aromatic rings. The molecule has 1 aliphatic rings. The van der Waals surface area contributed by atoms with Crippen LogP contribution in [0.2, 0.25) is 5.02 Å². The minimum atomic E-state index is -6.59. The Morgan fingerprint density at radius 1 is 1.18 bits per heavy atom. The van der Waals surface area contributed by atoms with Gasteiger partial charge < -0.3 is 5.32 Å². The largest absolute Gasteiger partial charge is 0.460 e. The van der Waals surface area contributed by atoms with Gasteiger partial charge in [0.15, 0.2) is 5.13 Å². The van der Waals surface area contributed by atoms with Crippen molar-refractivity contribution in [1.29, 1.82) is 0 Å². The van der Waals surface area contributed by atoms with E-state index in [9.17, 15) is 35.5 Å². The molecule has 14 heteroatoms. The Morgan fingerprint density at radius 3 is 2.32 bits per heavy atom. The summed E-state index contributed by atoms with van der Waals surface area (Å²) in [4.78, 5) is 18.6. The molecule has 2 N–H and O–H groups in total. The highest BCUT2D eigenvalue weighted by Gasteiger charge is 2.76. The lowest BCUT2D eigenvalue weighted by molar-refractivity contribution is -0.343. The van der Waals surface area contributed by atoms with Crippen LogP contribution in [-0.2, 0) is 4.79 Å². The minimum absolute atomic E-state index is 0.0837. The summed E-state index contributed by atoms with van der Waals surface area (Å²) in [5.74, 6) is -15.4. The lowest BCUT2D eigenvalue weighted by atomic mass is 10.1. The molecule has 0 saturated heterocycles. The molecule has 0 spiro atoms. The summed E-state index contributed by atoms with van der Waals surface area (Å²) < 4.78 is 88.2. The van der Waals surface area contributed by atoms with Crippen molar-refractivity contribution in [1.82, 2.24) is 10.3 Å². The first kappa shape index (κ1) is 22.1. The maximum atomic E-state index is 13.2. The van der Waals surface area contributed by atoms with E-state index < -0.39 is 29.1 Å². The Labute approximate surface area is 161 Å². The van der Waals surface area contributed by atoms with Crippen LogP contribution in [0.1, 0.15) is 0 Å². The van der Waals surface area contributed by atoms with E-state index >= 15 is 0 Å². The van der Waals surface area contributed by atoms with Crippen LogP contribution in [0.5, 0.6) is 0 Å². The van der Waals surface area contributed by atoms with Crippen molar-refractivity contribution in [3.8, 4) is 0 Å². The third-order valence-corrected chi connectivity index (χ3v) is 4.43. The quantitative estimate of drug-likeness (QED) is 0.684. The van der Waals surface area contributed by atoms with Gasteiger partial charge in [0, 0.05) is 6.54 Å². The van der Waals surface area contributed by atoms with Crippen molar-refractivity contribution in [3.63, 3.8) is 0 Å². The summed E-state index contributed by atoms with van der Waals surface area (Å²) in [7, 11) is 0. The Kier molecular flexibility index (Phi) is 6.38. The van der Waals surface area contributed by atoms with Crippen molar-refractivity contribution in [2.24, 2.45) is 4.99 Å². The van der Waals surface area contributed by atoms with Crippen molar-refractivity contribution < 1.29 is 35.5 Å². The van der Waals surface area contributed by atoms with Gasteiger partial charge >= 0.3 is 23.9 Å². The number of amides is 1. The zero-order chi connectivity index (χ0) is 21.2. The second-order valence-electron chi connectivity index (χ2n) is 5.20. The first-order valence-corrected chi connectivity index (χ1v) is 8.48. The number of rotatable bonds is 3. The van der Waals surface area contributed by atoms with Gasteiger partial charge in [0.05, 0.1) is 22.6 Å². The third kappa shape index (κ3) is 4.46. The van der Waals surface area contributed by atoms with Gasteiger partial charge in [-0.25, -0.2) is 4.98 Å². The number of thiazole rings is 1. The van der Waals surface area contributed by atoms with Gasteiger partial charge in [-0.05, 0) is 12.1 Å². The molecule has 1 aromatic heterocycles. The lowest BCUT2D eigenvalue weighted by Gasteiger charge is -2.26. The molecule has 1 amide bonds. The zero-order valence-electron chi connectivity index (χ0n) is 13.5. The van der Waals surface area contributed by atoms with E-state index in [1.807, 2.05) is 0 Å². The molecular formula is C14H10ClF7N4OS. The van der Waals surface area contributed by atoms with E-state index in [1.54, 1.807) is 6.34 Å². The topological polar surface area (TPSA) is 66.4 Å². The number of anilines is 1. The van der Waals surface area contributed by atoms with E-state index in [2.05, 4.69) is 15.3 Å². The molecule has 1 aromatic carbocycles. The number of carbonyl (C=O) groups excluding carboxylic acids is 1. The van der Waals surface area contributed by atoms with E-state index in [1.165, 1.54) is 23.5 Å². The van der Waals surface area contributed by atoms with Crippen molar-refractivity contribution in [2.75, 3.05) is 18.4 Å². The summed E-state index contributed by atoms with van der Waals surface area (Å²) in [6, 6.07) is 4.31. The SMILES string of the molecule is C1=NCCN1.O=C(Nc1nc2c(Cl)cccc2s1)C(F)(F)C(F)(F)C(F)(F)F. The second-order valence-corrected chi connectivity index (χ2v) is 6.63. The summed E-state index contributed by atoms with van der Waals surface area (Å²) in [5.41, 5.74) is 0.0837. The Bertz CT molecular complexity index is 878. The molecule has 0 saturated carbocycles. The van der Waals surface area contributed by atoms with Gasteiger partial charge in [-0.1, -0.05) is 29.0 Å². The van der Waals surface area contributed by atoms with Crippen molar-refractivity contribution in [2.45, 2.75) is 18.0 Å². The van der Waals surface area contributed by atoms with E-state index in [0.717, 1.165) is 13.1 Å². The number of hydrogen-bond donors (Lipinski definition) is 2. The Balaban J connectivity index is 0.000000485. The second kappa shape index (κ2) is 8.07. The molecule has 0 aliphatic carbocycles. The number of nitrogens with one attached hydrogen (secondary N) is 2. The number of hydrogen-bond acceptors (Lipinski definition) is 5. The van der Waals surface area contributed by atoms with Gasteiger partial charge in [-0.2, -0.15) is 30.7 Å². The highest BCUT2D eigenvalue weighted by atomic mass is 35.5. The standard InChI is InChI=1S/C11H4ClF7N2OS.C3H6N2/c12-4-2-1-3-5-6(4)20-8(23-5)21-7(22)9(13,14)10(15,16)11(17,18)19;1-2-5-3-4-1/h1-3H,(H,20,21,22);3H,1-2H2,(H,4,5). The fourth-order valence-electron chi connectivity index (χ4n) is 1.79. The Morgan fingerprint density at radius 2 is 1.86 bits per heavy atom. The van der Waals surface area contributed by atoms with Crippen LogP contribution < -0.4 is 10.6 Å². The fourth-order valence-corrected chi connectivity index (χ4v) is 2.95. The molecule has 0 atom stereocenters. The lowest BCUT2D eigenvalue weighted by Crippen LogP contribution is -2.57. The average molecular weight is 451 g/mol. The molecule has 0 fully saturated rings. The molecule has 28 heavy (non-hydrogen) atoms. The van der Waals surface area contributed by atoms with Crippen LogP contribution in [0, 0.1) is 0 Å². The van der Waals surface area contributed by atoms with Crippen LogP contribution in [0.4, 0.5) is 35.9 Å². The van der Waals surface area contributed by atoms with Gasteiger partial charge in [0.1, 0.15) is 5.52 Å². The maximum absolute atomic E-state index is 13.2. The van der Waals surface area contributed by atoms with Crippen LogP contribution in [-0.4, -0.2) is 48.3 Å². The molecule has 0 bridgehead atoms. The van der Waals surface area contributed by atoms with Crippen LogP contribution in [0.3, 0.4) is 0 Å². The first-order chi connectivity index (χ1) is 12.9. The average Bonchev–Trinajstić information content (AvgIpc) is 3.26. The van der Waals surface area contributed by atoms with Gasteiger partial charge in [-0.3, -0.25) is 15.1 Å². The normalized spacial score (nSPS) is 14.4. The number of carbonyl (C=O) groups is 1. The number of alkyl halides is 7. The summed E-state index contributed by atoms with van der Waals surface area (Å²) in [5, 5.41) is 3.69.